The molecule has 0 aliphatic rings. The van der Waals surface area contributed by atoms with Crippen molar-refractivity contribution >= 4 is 33.3 Å². The summed E-state index contributed by atoms with van der Waals surface area (Å²) < 4.78 is 7.50. The fourth-order valence-corrected chi connectivity index (χ4v) is 3.92. The summed E-state index contributed by atoms with van der Waals surface area (Å²) in [6.45, 7) is 4.07. The van der Waals surface area contributed by atoms with E-state index < -0.39 is 0 Å². The van der Waals surface area contributed by atoms with E-state index in [1.54, 1.807) is 23.1 Å². The van der Waals surface area contributed by atoms with Crippen LogP contribution in [0, 0.1) is 0 Å². The second kappa shape index (κ2) is 5.30. The van der Waals surface area contributed by atoms with Crippen LogP contribution in [0.15, 0.2) is 33.1 Å². The van der Waals surface area contributed by atoms with Crippen LogP contribution in [0.5, 0.6) is 0 Å². The number of benzene rings is 1. The fraction of sp³-hybridized carbons (Fsp3) is 0.308. The Bertz CT molecular complexity index is 659. The molecule has 1 atom stereocenters. The lowest BCUT2D eigenvalue weighted by Crippen LogP contribution is -1.89. The molecule has 0 spiro atoms. The van der Waals surface area contributed by atoms with Crippen LogP contribution in [0.4, 0.5) is 0 Å². The molecule has 2 heterocycles. The minimum atomic E-state index is 0.119. The van der Waals surface area contributed by atoms with E-state index in [-0.39, 0.29) is 5.25 Å². The van der Waals surface area contributed by atoms with Gasteiger partial charge in [0.1, 0.15) is 0 Å². The minimum absolute atomic E-state index is 0.119. The predicted octanol–water partition coefficient (Wildman–Crippen LogP) is 4.10. The fourth-order valence-electron chi connectivity index (χ4n) is 1.68. The first kappa shape index (κ1) is 12.6. The number of thiazole rings is 1. The molecule has 4 nitrogen and oxygen atoms in total. The van der Waals surface area contributed by atoms with Gasteiger partial charge in [-0.3, -0.25) is 0 Å². The summed E-state index contributed by atoms with van der Waals surface area (Å²) >= 11 is 3.35. The van der Waals surface area contributed by atoms with E-state index in [1.807, 2.05) is 25.1 Å². The van der Waals surface area contributed by atoms with E-state index in [4.69, 9.17) is 4.52 Å². The Labute approximate surface area is 119 Å². The molecule has 3 rings (SSSR count). The molecule has 0 saturated heterocycles. The van der Waals surface area contributed by atoms with Crippen molar-refractivity contribution in [3.05, 3.63) is 36.0 Å². The molecule has 6 heteroatoms. The lowest BCUT2D eigenvalue weighted by atomic mass is 10.3. The Balaban J connectivity index is 1.80. The standard InChI is InChI=1S/C13H13N3OS2/c1-3-11-15-12(17-16-11)8(2)18-13-14-9-6-4-5-7-10(9)19-13/h4-8H,3H2,1-2H3. The van der Waals surface area contributed by atoms with Gasteiger partial charge in [-0.1, -0.05) is 36.0 Å². The quantitative estimate of drug-likeness (QED) is 0.677. The molecule has 0 N–H and O–H groups in total. The zero-order chi connectivity index (χ0) is 13.2. The monoisotopic (exact) mass is 291 g/mol. The molecule has 0 amide bonds. The predicted molar refractivity (Wildman–Crippen MR) is 77.6 cm³/mol. The van der Waals surface area contributed by atoms with E-state index in [9.17, 15) is 0 Å². The molecule has 0 aliphatic heterocycles. The number of hydrogen-bond acceptors (Lipinski definition) is 6. The molecule has 0 bridgehead atoms. The number of fused-ring (bicyclic) bond motifs is 1. The minimum Gasteiger partial charge on any atom is -0.338 e. The van der Waals surface area contributed by atoms with Crippen molar-refractivity contribution in [3.63, 3.8) is 0 Å². The van der Waals surface area contributed by atoms with Crippen LogP contribution in [0.2, 0.25) is 0 Å². The van der Waals surface area contributed by atoms with Crippen molar-refractivity contribution in [2.45, 2.75) is 29.9 Å². The smallest absolute Gasteiger partial charge is 0.239 e. The highest BCUT2D eigenvalue weighted by molar-refractivity contribution is 8.01. The third-order valence-electron chi connectivity index (χ3n) is 2.70. The molecule has 19 heavy (non-hydrogen) atoms. The maximum Gasteiger partial charge on any atom is 0.239 e. The van der Waals surface area contributed by atoms with Gasteiger partial charge in [-0.2, -0.15) is 4.98 Å². The molecule has 0 fully saturated rings. The number of nitrogens with zero attached hydrogens (tertiary/aromatic N) is 3. The van der Waals surface area contributed by atoms with Crippen molar-refractivity contribution in [1.29, 1.82) is 0 Å². The van der Waals surface area contributed by atoms with E-state index in [0.717, 1.165) is 22.1 Å². The average molecular weight is 291 g/mol. The van der Waals surface area contributed by atoms with Crippen LogP contribution in [0.3, 0.4) is 0 Å². The summed E-state index contributed by atoms with van der Waals surface area (Å²) in [5.74, 6) is 1.42. The Kier molecular flexibility index (Phi) is 3.52. The average Bonchev–Trinajstić information content (AvgIpc) is 3.04. The summed E-state index contributed by atoms with van der Waals surface area (Å²) in [5.41, 5.74) is 1.04. The van der Waals surface area contributed by atoms with E-state index in [0.29, 0.717) is 5.89 Å². The number of para-hydroxylation sites is 1. The molecule has 3 aromatic rings. The molecule has 1 aromatic carbocycles. The summed E-state index contributed by atoms with van der Waals surface area (Å²) in [6.07, 6.45) is 0.794. The topological polar surface area (TPSA) is 51.8 Å². The molecule has 98 valence electrons. The Hall–Kier alpha value is -1.40. The van der Waals surface area contributed by atoms with Gasteiger partial charge in [0.25, 0.3) is 0 Å². The third-order valence-corrected chi connectivity index (χ3v) is 4.92. The van der Waals surface area contributed by atoms with Gasteiger partial charge in [0.15, 0.2) is 10.2 Å². The number of hydrogen-bond donors (Lipinski definition) is 0. The molecule has 2 aromatic heterocycles. The molecule has 1 unspecified atom stereocenters. The van der Waals surface area contributed by atoms with Gasteiger partial charge in [-0.25, -0.2) is 4.98 Å². The normalized spacial score (nSPS) is 12.9. The molecule has 0 aliphatic carbocycles. The van der Waals surface area contributed by atoms with E-state index in [2.05, 4.69) is 28.1 Å². The number of thioether (sulfide) groups is 1. The van der Waals surface area contributed by atoms with Gasteiger partial charge in [0.2, 0.25) is 5.89 Å². The summed E-state index contributed by atoms with van der Waals surface area (Å²) in [7, 11) is 0. The highest BCUT2D eigenvalue weighted by Crippen LogP contribution is 2.38. The number of aryl methyl sites for hydroxylation is 1. The lowest BCUT2D eigenvalue weighted by Gasteiger charge is -2.01. The summed E-state index contributed by atoms with van der Waals surface area (Å²) in [4.78, 5) is 8.95. The van der Waals surface area contributed by atoms with Crippen LogP contribution < -0.4 is 0 Å². The Morgan fingerprint density at radius 3 is 2.89 bits per heavy atom. The van der Waals surface area contributed by atoms with Gasteiger partial charge < -0.3 is 4.52 Å². The SMILES string of the molecule is CCc1noc(C(C)Sc2nc3ccccc3s2)n1. The third kappa shape index (κ3) is 2.64. The van der Waals surface area contributed by atoms with Crippen molar-refractivity contribution in [2.24, 2.45) is 0 Å². The van der Waals surface area contributed by atoms with Gasteiger partial charge in [-0.05, 0) is 19.1 Å². The van der Waals surface area contributed by atoms with E-state index >= 15 is 0 Å². The molecular formula is C13H13N3OS2. The second-order valence-electron chi connectivity index (χ2n) is 4.11. The maximum absolute atomic E-state index is 5.26. The van der Waals surface area contributed by atoms with Crippen molar-refractivity contribution in [2.75, 3.05) is 0 Å². The molecule has 0 saturated carbocycles. The summed E-state index contributed by atoms with van der Waals surface area (Å²) in [5, 5.41) is 4.04. The molecule has 0 radical (unpaired) electrons. The number of aromatic nitrogens is 3. The second-order valence-corrected chi connectivity index (χ2v) is 6.73. The van der Waals surface area contributed by atoms with Gasteiger partial charge in [0.05, 0.1) is 15.5 Å². The number of rotatable bonds is 4. The van der Waals surface area contributed by atoms with Crippen LogP contribution >= 0.6 is 23.1 Å². The highest BCUT2D eigenvalue weighted by Gasteiger charge is 2.17. The van der Waals surface area contributed by atoms with Crippen molar-refractivity contribution < 1.29 is 4.52 Å². The molecular weight excluding hydrogens is 278 g/mol. The summed E-state index contributed by atoms with van der Waals surface area (Å²) in [6, 6.07) is 8.15. The van der Waals surface area contributed by atoms with Crippen molar-refractivity contribution in [1.82, 2.24) is 15.1 Å². The van der Waals surface area contributed by atoms with Crippen LogP contribution in [-0.2, 0) is 6.42 Å². The zero-order valence-corrected chi connectivity index (χ0v) is 12.3. The van der Waals surface area contributed by atoms with Crippen LogP contribution in [0.1, 0.15) is 30.8 Å². The van der Waals surface area contributed by atoms with Crippen LogP contribution in [0.25, 0.3) is 10.2 Å². The first-order valence-electron chi connectivity index (χ1n) is 6.11. The zero-order valence-electron chi connectivity index (χ0n) is 10.7. The first-order valence-corrected chi connectivity index (χ1v) is 7.80. The first-order chi connectivity index (χ1) is 9.26. The van der Waals surface area contributed by atoms with E-state index in [1.165, 1.54) is 4.70 Å². The Morgan fingerprint density at radius 1 is 1.32 bits per heavy atom. The largest absolute Gasteiger partial charge is 0.338 e. The van der Waals surface area contributed by atoms with Gasteiger partial charge in [-0.15, -0.1) is 11.3 Å². The van der Waals surface area contributed by atoms with Crippen LogP contribution in [-0.4, -0.2) is 15.1 Å². The van der Waals surface area contributed by atoms with Gasteiger partial charge in [0, 0.05) is 6.42 Å². The lowest BCUT2D eigenvalue weighted by molar-refractivity contribution is 0.375. The highest BCUT2D eigenvalue weighted by atomic mass is 32.2. The van der Waals surface area contributed by atoms with Gasteiger partial charge >= 0.3 is 0 Å². The van der Waals surface area contributed by atoms with Crippen molar-refractivity contribution in [3.8, 4) is 0 Å². The Morgan fingerprint density at radius 2 is 2.16 bits per heavy atom. The maximum atomic E-state index is 5.26.